The minimum atomic E-state index is 0.265. The van der Waals surface area contributed by atoms with Gasteiger partial charge in [-0.1, -0.05) is 20.8 Å². The summed E-state index contributed by atoms with van der Waals surface area (Å²) in [6.45, 7) is 10.9. The molecule has 1 aromatic heterocycles. The first kappa shape index (κ1) is 13.1. The lowest BCUT2D eigenvalue weighted by Crippen LogP contribution is -2.35. The largest absolute Gasteiger partial charge is 0.306 e. The summed E-state index contributed by atoms with van der Waals surface area (Å²) in [5, 5.41) is 3.62. The van der Waals surface area contributed by atoms with E-state index in [4.69, 9.17) is 0 Å². The van der Waals surface area contributed by atoms with E-state index in [1.165, 1.54) is 0 Å². The number of nitrogens with zero attached hydrogens (tertiary/aromatic N) is 2. The summed E-state index contributed by atoms with van der Waals surface area (Å²) in [6, 6.07) is 0.803. The summed E-state index contributed by atoms with van der Waals surface area (Å²) in [6.07, 6.45) is 4.64. The highest BCUT2D eigenvalue weighted by atomic mass is 15.0. The fourth-order valence-electron chi connectivity index (χ4n) is 2.03. The Bertz CT molecular complexity index is 323. The zero-order valence-electron chi connectivity index (χ0n) is 11.0. The van der Waals surface area contributed by atoms with Crippen LogP contribution in [0.2, 0.25) is 0 Å². The molecule has 0 aliphatic rings. The standard InChI is InChI=1S/C13H23N3/c1-6-12(9(2)3)16-11(5)13-10(4)14-7-8-15-13/h7-9,11-12,16H,6H2,1-5H3. The van der Waals surface area contributed by atoms with Gasteiger partial charge in [0.05, 0.1) is 11.4 Å². The first-order valence-corrected chi connectivity index (χ1v) is 6.09. The molecule has 3 nitrogen and oxygen atoms in total. The molecule has 0 radical (unpaired) electrons. The second-order valence-corrected chi connectivity index (χ2v) is 4.67. The van der Waals surface area contributed by atoms with Gasteiger partial charge in [0.2, 0.25) is 0 Å². The topological polar surface area (TPSA) is 37.8 Å². The van der Waals surface area contributed by atoms with E-state index in [1.54, 1.807) is 12.4 Å². The lowest BCUT2D eigenvalue weighted by atomic mass is 10.00. The van der Waals surface area contributed by atoms with Crippen molar-refractivity contribution in [3.63, 3.8) is 0 Å². The van der Waals surface area contributed by atoms with Crippen molar-refractivity contribution in [1.82, 2.24) is 15.3 Å². The maximum atomic E-state index is 4.40. The first-order valence-electron chi connectivity index (χ1n) is 6.09. The predicted molar refractivity (Wildman–Crippen MR) is 67.2 cm³/mol. The summed E-state index contributed by atoms with van der Waals surface area (Å²) in [4.78, 5) is 8.68. The van der Waals surface area contributed by atoms with Crippen LogP contribution in [0.5, 0.6) is 0 Å². The molecule has 1 rings (SSSR count). The Kier molecular flexibility index (Phi) is 4.87. The van der Waals surface area contributed by atoms with Gasteiger partial charge in [0.1, 0.15) is 0 Å². The molecule has 1 heterocycles. The molecule has 0 aromatic carbocycles. The first-order chi connectivity index (χ1) is 7.56. The molecular weight excluding hydrogens is 198 g/mol. The number of aryl methyl sites for hydroxylation is 1. The molecule has 0 aliphatic heterocycles. The fourth-order valence-corrected chi connectivity index (χ4v) is 2.03. The highest BCUT2D eigenvalue weighted by Crippen LogP contribution is 2.16. The molecule has 1 N–H and O–H groups in total. The van der Waals surface area contributed by atoms with Gasteiger partial charge in [0, 0.05) is 24.5 Å². The van der Waals surface area contributed by atoms with Crippen LogP contribution in [0.4, 0.5) is 0 Å². The highest BCUT2D eigenvalue weighted by Gasteiger charge is 2.17. The molecule has 0 amide bonds. The second-order valence-electron chi connectivity index (χ2n) is 4.67. The molecule has 0 fully saturated rings. The third-order valence-corrected chi connectivity index (χ3v) is 3.04. The Morgan fingerprint density at radius 1 is 1.19 bits per heavy atom. The zero-order valence-corrected chi connectivity index (χ0v) is 11.0. The SMILES string of the molecule is CCC(NC(C)c1nccnc1C)C(C)C. The minimum Gasteiger partial charge on any atom is -0.306 e. The van der Waals surface area contributed by atoms with Crippen LogP contribution in [-0.2, 0) is 0 Å². The lowest BCUT2D eigenvalue weighted by molar-refractivity contribution is 0.352. The minimum absolute atomic E-state index is 0.265. The van der Waals surface area contributed by atoms with Crippen molar-refractivity contribution in [3.8, 4) is 0 Å². The van der Waals surface area contributed by atoms with Gasteiger partial charge in [-0.15, -0.1) is 0 Å². The summed E-state index contributed by atoms with van der Waals surface area (Å²) < 4.78 is 0. The van der Waals surface area contributed by atoms with E-state index in [-0.39, 0.29) is 6.04 Å². The van der Waals surface area contributed by atoms with Gasteiger partial charge >= 0.3 is 0 Å². The van der Waals surface area contributed by atoms with Crippen LogP contribution in [-0.4, -0.2) is 16.0 Å². The van der Waals surface area contributed by atoms with Gasteiger partial charge in [0.15, 0.2) is 0 Å². The average molecular weight is 221 g/mol. The van der Waals surface area contributed by atoms with Gasteiger partial charge in [-0.05, 0) is 26.2 Å². The van der Waals surface area contributed by atoms with Crippen molar-refractivity contribution in [2.75, 3.05) is 0 Å². The smallest absolute Gasteiger partial charge is 0.0782 e. The van der Waals surface area contributed by atoms with Crippen LogP contribution in [0.1, 0.15) is 51.5 Å². The van der Waals surface area contributed by atoms with E-state index >= 15 is 0 Å². The molecule has 16 heavy (non-hydrogen) atoms. The third-order valence-electron chi connectivity index (χ3n) is 3.04. The van der Waals surface area contributed by atoms with Crippen LogP contribution in [0.3, 0.4) is 0 Å². The molecule has 0 saturated carbocycles. The molecule has 2 atom stereocenters. The summed E-state index contributed by atoms with van der Waals surface area (Å²) in [7, 11) is 0. The quantitative estimate of drug-likeness (QED) is 0.830. The number of nitrogens with one attached hydrogen (secondary N) is 1. The van der Waals surface area contributed by atoms with Gasteiger partial charge < -0.3 is 5.32 Å². The van der Waals surface area contributed by atoms with Crippen molar-refractivity contribution in [3.05, 3.63) is 23.8 Å². The van der Waals surface area contributed by atoms with Gasteiger partial charge in [-0.3, -0.25) is 9.97 Å². The van der Waals surface area contributed by atoms with Gasteiger partial charge in [0.25, 0.3) is 0 Å². The molecule has 90 valence electrons. The van der Waals surface area contributed by atoms with Crippen molar-refractivity contribution in [2.45, 2.75) is 53.1 Å². The van der Waals surface area contributed by atoms with E-state index in [0.717, 1.165) is 17.8 Å². The number of rotatable bonds is 5. The molecule has 0 bridgehead atoms. The fraction of sp³-hybridized carbons (Fsp3) is 0.692. The Hall–Kier alpha value is -0.960. The van der Waals surface area contributed by atoms with Crippen LogP contribution in [0, 0.1) is 12.8 Å². The van der Waals surface area contributed by atoms with E-state index in [9.17, 15) is 0 Å². The molecule has 0 aliphatic carbocycles. The highest BCUT2D eigenvalue weighted by molar-refractivity contribution is 5.12. The van der Waals surface area contributed by atoms with Crippen LogP contribution >= 0.6 is 0 Å². The van der Waals surface area contributed by atoms with E-state index in [0.29, 0.717) is 12.0 Å². The van der Waals surface area contributed by atoms with Gasteiger partial charge in [-0.25, -0.2) is 0 Å². The molecule has 0 spiro atoms. The molecule has 3 heteroatoms. The summed E-state index contributed by atoms with van der Waals surface area (Å²) in [5.41, 5.74) is 2.07. The van der Waals surface area contributed by atoms with Crippen LogP contribution in [0.25, 0.3) is 0 Å². The monoisotopic (exact) mass is 221 g/mol. The Balaban J connectivity index is 2.72. The van der Waals surface area contributed by atoms with Crippen molar-refractivity contribution in [2.24, 2.45) is 5.92 Å². The number of hydrogen-bond donors (Lipinski definition) is 1. The number of hydrogen-bond acceptors (Lipinski definition) is 3. The normalized spacial score (nSPS) is 15.1. The lowest BCUT2D eigenvalue weighted by Gasteiger charge is -2.25. The zero-order chi connectivity index (χ0) is 12.1. The molecular formula is C13H23N3. The van der Waals surface area contributed by atoms with Crippen molar-refractivity contribution < 1.29 is 0 Å². The van der Waals surface area contributed by atoms with E-state index in [2.05, 4.69) is 43.0 Å². The van der Waals surface area contributed by atoms with Crippen LogP contribution < -0.4 is 5.32 Å². The second kappa shape index (κ2) is 5.94. The van der Waals surface area contributed by atoms with Crippen molar-refractivity contribution >= 4 is 0 Å². The predicted octanol–water partition coefficient (Wildman–Crippen LogP) is 2.87. The van der Waals surface area contributed by atoms with Crippen molar-refractivity contribution in [1.29, 1.82) is 0 Å². The third kappa shape index (κ3) is 3.27. The van der Waals surface area contributed by atoms with E-state index in [1.807, 2.05) is 6.92 Å². The maximum absolute atomic E-state index is 4.40. The Morgan fingerprint density at radius 2 is 1.81 bits per heavy atom. The van der Waals surface area contributed by atoms with Gasteiger partial charge in [-0.2, -0.15) is 0 Å². The molecule has 1 aromatic rings. The van der Waals surface area contributed by atoms with Crippen LogP contribution in [0.15, 0.2) is 12.4 Å². The summed E-state index contributed by atoms with van der Waals surface area (Å²) in [5.74, 6) is 0.643. The van der Waals surface area contributed by atoms with E-state index < -0.39 is 0 Å². The molecule has 0 saturated heterocycles. The Morgan fingerprint density at radius 3 is 2.31 bits per heavy atom. The Labute approximate surface area is 98.7 Å². The maximum Gasteiger partial charge on any atom is 0.0782 e. The summed E-state index contributed by atoms with van der Waals surface area (Å²) >= 11 is 0. The number of aromatic nitrogens is 2. The average Bonchev–Trinajstić information content (AvgIpc) is 2.25. The molecule has 2 unspecified atom stereocenters.